The van der Waals surface area contributed by atoms with Crippen LogP contribution in [0.4, 0.5) is 22.0 Å². The summed E-state index contributed by atoms with van der Waals surface area (Å²) in [5.41, 5.74) is 4.60. The second-order valence-electron chi connectivity index (χ2n) is 9.79. The molecule has 5 rings (SSSR count). The number of rotatable bonds is 5. The highest BCUT2D eigenvalue weighted by atomic mass is 16.5. The van der Waals surface area contributed by atoms with Gasteiger partial charge in [0.05, 0.1) is 36.8 Å². The van der Waals surface area contributed by atoms with Crippen molar-refractivity contribution in [1.82, 2.24) is 24.6 Å². The van der Waals surface area contributed by atoms with Crippen molar-refractivity contribution < 1.29 is 9.53 Å². The summed E-state index contributed by atoms with van der Waals surface area (Å²) in [6.45, 7) is 10.7. The normalized spacial score (nSPS) is 18.2. The average molecular weight is 491 g/mol. The number of hydrogen-bond acceptors (Lipinski definition) is 7. The predicted molar refractivity (Wildman–Crippen MR) is 140 cm³/mol. The second-order valence-corrected chi connectivity index (χ2v) is 9.79. The van der Waals surface area contributed by atoms with Crippen LogP contribution in [0.2, 0.25) is 0 Å². The molecule has 0 aliphatic carbocycles. The zero-order valence-electron chi connectivity index (χ0n) is 21.4. The number of morpholine rings is 1. The molecule has 36 heavy (non-hydrogen) atoms. The van der Waals surface area contributed by atoms with Gasteiger partial charge < -0.3 is 20.3 Å². The lowest BCUT2D eigenvalue weighted by atomic mass is 10.0. The number of urea groups is 1. The van der Waals surface area contributed by atoms with Crippen molar-refractivity contribution in [2.45, 2.75) is 45.8 Å². The van der Waals surface area contributed by atoms with Gasteiger partial charge in [0.25, 0.3) is 0 Å². The number of hydrogen-bond donors (Lipinski definition) is 2. The van der Waals surface area contributed by atoms with Crippen molar-refractivity contribution in [1.29, 1.82) is 0 Å². The maximum absolute atomic E-state index is 12.3. The molecule has 1 saturated heterocycles. The van der Waals surface area contributed by atoms with Crippen LogP contribution >= 0.6 is 0 Å². The smallest absolute Gasteiger partial charge is 0.323 e. The Balaban J connectivity index is 1.40. The summed E-state index contributed by atoms with van der Waals surface area (Å²) in [5.74, 6) is 1.74. The van der Waals surface area contributed by atoms with Crippen molar-refractivity contribution >= 4 is 23.2 Å². The number of carbonyl (C=O) groups is 1. The van der Waals surface area contributed by atoms with E-state index in [0.29, 0.717) is 36.5 Å². The molecular formula is C26H34N8O2. The van der Waals surface area contributed by atoms with Crippen LogP contribution in [0.15, 0.2) is 36.7 Å². The van der Waals surface area contributed by atoms with Gasteiger partial charge in [-0.25, -0.2) is 14.8 Å². The topological polar surface area (TPSA) is 100 Å². The van der Waals surface area contributed by atoms with Crippen molar-refractivity contribution in [3.05, 3.63) is 47.9 Å². The molecule has 0 bridgehead atoms. The van der Waals surface area contributed by atoms with Crippen LogP contribution in [0.3, 0.4) is 0 Å². The van der Waals surface area contributed by atoms with E-state index in [0.717, 1.165) is 43.1 Å². The number of aryl methyl sites for hydroxylation is 1. The van der Waals surface area contributed by atoms with E-state index in [9.17, 15) is 4.79 Å². The van der Waals surface area contributed by atoms with Crippen LogP contribution < -0.4 is 15.5 Å². The van der Waals surface area contributed by atoms with E-state index in [4.69, 9.17) is 14.7 Å². The molecule has 1 atom stereocenters. The van der Waals surface area contributed by atoms with E-state index in [1.807, 2.05) is 24.3 Å². The Kier molecular flexibility index (Phi) is 6.88. The third-order valence-electron chi connectivity index (χ3n) is 6.81. The minimum Gasteiger partial charge on any atom is -0.377 e. The summed E-state index contributed by atoms with van der Waals surface area (Å²) < 4.78 is 7.32. The van der Waals surface area contributed by atoms with Crippen LogP contribution in [0, 0.1) is 0 Å². The molecule has 190 valence electrons. The van der Waals surface area contributed by atoms with Gasteiger partial charge in [-0.15, -0.1) is 0 Å². The minimum absolute atomic E-state index is 0.263. The molecule has 0 spiro atoms. The number of amides is 2. The molecular weight excluding hydrogens is 456 g/mol. The number of ether oxygens (including phenoxy) is 1. The monoisotopic (exact) mass is 490 g/mol. The Hall–Kier alpha value is -3.50. The molecule has 0 saturated carbocycles. The molecule has 2 amide bonds. The number of anilines is 3. The van der Waals surface area contributed by atoms with Gasteiger partial charge in [-0.05, 0) is 51.5 Å². The number of fused-ring (bicyclic) bond motifs is 1. The average Bonchev–Trinajstić information content (AvgIpc) is 3.27. The van der Waals surface area contributed by atoms with Crippen LogP contribution in [0.25, 0.3) is 11.4 Å². The molecule has 1 aromatic carbocycles. The van der Waals surface area contributed by atoms with Crippen molar-refractivity contribution in [3.63, 3.8) is 0 Å². The van der Waals surface area contributed by atoms with Crippen molar-refractivity contribution in [2.24, 2.45) is 7.05 Å². The molecule has 10 nitrogen and oxygen atoms in total. The highest BCUT2D eigenvalue weighted by molar-refractivity contribution is 5.99. The summed E-state index contributed by atoms with van der Waals surface area (Å²) in [6, 6.07) is 8.06. The fourth-order valence-corrected chi connectivity index (χ4v) is 4.76. The summed E-state index contributed by atoms with van der Waals surface area (Å²) in [5, 5.41) is 9.69. The summed E-state index contributed by atoms with van der Waals surface area (Å²) in [7, 11) is 1.80. The Morgan fingerprint density at radius 3 is 2.58 bits per heavy atom. The van der Waals surface area contributed by atoms with Crippen LogP contribution in [0.1, 0.15) is 32.0 Å². The lowest BCUT2D eigenvalue weighted by Crippen LogP contribution is -2.45. The molecule has 2 aliphatic rings. The molecule has 2 N–H and O–H groups in total. The number of carbonyl (C=O) groups excluding carboxylic acids is 1. The molecule has 2 aliphatic heterocycles. The van der Waals surface area contributed by atoms with Crippen LogP contribution in [-0.4, -0.2) is 69.1 Å². The fraction of sp³-hybridized carbons (Fsp3) is 0.462. The highest BCUT2D eigenvalue weighted by Gasteiger charge is 2.29. The molecule has 1 unspecified atom stereocenters. The Morgan fingerprint density at radius 1 is 1.11 bits per heavy atom. The molecule has 10 heteroatoms. The highest BCUT2D eigenvalue weighted by Crippen LogP contribution is 2.32. The summed E-state index contributed by atoms with van der Waals surface area (Å²) in [6.07, 6.45) is 4.29. The van der Waals surface area contributed by atoms with Gasteiger partial charge in [-0.1, -0.05) is 0 Å². The van der Waals surface area contributed by atoms with Crippen molar-refractivity contribution in [2.75, 3.05) is 41.8 Å². The number of benzene rings is 1. The van der Waals surface area contributed by atoms with Gasteiger partial charge >= 0.3 is 6.03 Å². The maximum atomic E-state index is 12.3. The minimum atomic E-state index is -0.321. The van der Waals surface area contributed by atoms with E-state index in [2.05, 4.69) is 46.3 Å². The largest absolute Gasteiger partial charge is 0.377 e. The number of nitrogens with zero attached hydrogens (tertiary/aromatic N) is 6. The molecule has 2 aromatic heterocycles. The maximum Gasteiger partial charge on any atom is 0.323 e. The van der Waals surface area contributed by atoms with E-state index in [-0.39, 0.29) is 12.1 Å². The first-order valence-corrected chi connectivity index (χ1v) is 12.5. The zero-order chi connectivity index (χ0) is 25.2. The fourth-order valence-electron chi connectivity index (χ4n) is 4.76. The first kappa shape index (κ1) is 24.2. The molecule has 0 radical (unpaired) electrons. The third-order valence-corrected chi connectivity index (χ3v) is 6.81. The molecule has 1 fully saturated rings. The lowest BCUT2D eigenvalue weighted by Gasteiger charge is -2.38. The van der Waals surface area contributed by atoms with Gasteiger partial charge in [0.2, 0.25) is 0 Å². The van der Waals surface area contributed by atoms with E-state index in [1.54, 1.807) is 24.1 Å². The Labute approximate surface area is 211 Å². The SMILES string of the molecule is CC(C)N1CCc2c(nc(-c3ccc(NC(=O)Nc4cnn(C)c4)cc3)nc2N2CCOCC2C)C1. The predicted octanol–water partition coefficient (Wildman–Crippen LogP) is 3.51. The van der Waals surface area contributed by atoms with Crippen LogP contribution in [0.5, 0.6) is 0 Å². The third kappa shape index (κ3) is 5.19. The number of aromatic nitrogens is 4. The van der Waals surface area contributed by atoms with Gasteiger partial charge in [-0.2, -0.15) is 5.10 Å². The summed E-state index contributed by atoms with van der Waals surface area (Å²) >= 11 is 0. The second kappa shape index (κ2) is 10.2. The van der Waals surface area contributed by atoms with E-state index < -0.39 is 0 Å². The first-order valence-electron chi connectivity index (χ1n) is 12.5. The van der Waals surface area contributed by atoms with Gasteiger partial charge in [0.1, 0.15) is 5.82 Å². The zero-order valence-corrected chi connectivity index (χ0v) is 21.4. The first-order chi connectivity index (χ1) is 17.4. The van der Waals surface area contributed by atoms with Gasteiger partial charge in [0.15, 0.2) is 5.82 Å². The van der Waals surface area contributed by atoms with Gasteiger partial charge in [0, 0.05) is 55.7 Å². The Morgan fingerprint density at radius 2 is 1.89 bits per heavy atom. The molecule has 4 heterocycles. The van der Waals surface area contributed by atoms with E-state index >= 15 is 0 Å². The molecule has 3 aromatic rings. The van der Waals surface area contributed by atoms with Crippen molar-refractivity contribution in [3.8, 4) is 11.4 Å². The van der Waals surface area contributed by atoms with Crippen LogP contribution in [-0.2, 0) is 24.8 Å². The standard InChI is InChI=1S/C26H34N8O2/c1-17(2)33-10-9-22-23(15-33)30-24(31-25(22)34-11-12-36-16-18(34)3)19-5-7-20(8-6-19)28-26(35)29-21-13-27-32(4)14-21/h5-8,13-14,17-18H,9-12,15-16H2,1-4H3,(H2,28,29,35). The summed E-state index contributed by atoms with van der Waals surface area (Å²) in [4.78, 5) is 27.3. The quantitative estimate of drug-likeness (QED) is 0.564. The number of nitrogens with one attached hydrogen (secondary N) is 2. The lowest BCUT2D eigenvalue weighted by molar-refractivity contribution is 0.0983. The van der Waals surface area contributed by atoms with E-state index in [1.165, 1.54) is 5.56 Å². The van der Waals surface area contributed by atoms with Gasteiger partial charge in [-0.3, -0.25) is 9.58 Å². The Bertz CT molecular complexity index is 1220.